The predicted octanol–water partition coefficient (Wildman–Crippen LogP) is 1.97. The van der Waals surface area contributed by atoms with Crippen molar-refractivity contribution < 1.29 is 23.9 Å². The fraction of sp³-hybridized carbons (Fsp3) is 0.438. The van der Waals surface area contributed by atoms with Gasteiger partial charge in [0.25, 0.3) is 0 Å². The third-order valence-electron chi connectivity index (χ3n) is 3.71. The van der Waals surface area contributed by atoms with Gasteiger partial charge in [-0.15, -0.1) is 0 Å². The molecule has 0 heterocycles. The summed E-state index contributed by atoms with van der Waals surface area (Å²) in [6.07, 6.45) is -0.164. The second-order valence-electron chi connectivity index (χ2n) is 4.94. The number of esters is 1. The Morgan fingerprint density at radius 2 is 1.62 bits per heavy atom. The zero-order valence-corrected chi connectivity index (χ0v) is 12.8. The van der Waals surface area contributed by atoms with Crippen molar-refractivity contribution in [2.75, 3.05) is 14.2 Å². The standard InChI is InChI=1S/C16H20O5/c1-11(17)16(12(2)18,10-15(19)21-4)9-13-7-5-6-8-14(13)20-3/h5-8H,9-10H2,1-4H3. The first-order chi connectivity index (χ1) is 9.87. The number of carbonyl (C=O) groups excluding carboxylic acids is 3. The molecule has 0 saturated carbocycles. The van der Waals surface area contributed by atoms with Crippen molar-refractivity contribution in [2.45, 2.75) is 26.7 Å². The van der Waals surface area contributed by atoms with Crippen molar-refractivity contribution in [1.82, 2.24) is 0 Å². The van der Waals surface area contributed by atoms with E-state index in [0.717, 1.165) is 0 Å². The highest BCUT2D eigenvalue weighted by molar-refractivity contribution is 6.07. The zero-order valence-electron chi connectivity index (χ0n) is 12.8. The molecule has 0 aliphatic rings. The molecule has 0 spiro atoms. The van der Waals surface area contributed by atoms with E-state index in [1.165, 1.54) is 28.1 Å². The summed E-state index contributed by atoms with van der Waals surface area (Å²) in [7, 11) is 2.75. The fourth-order valence-electron chi connectivity index (χ4n) is 2.30. The number of ketones is 2. The molecular weight excluding hydrogens is 272 g/mol. The summed E-state index contributed by atoms with van der Waals surface area (Å²) in [5, 5.41) is 0. The molecule has 0 aliphatic heterocycles. The third kappa shape index (κ3) is 3.68. The first kappa shape index (κ1) is 16.9. The average Bonchev–Trinajstić information content (AvgIpc) is 2.46. The van der Waals surface area contributed by atoms with Crippen LogP contribution in [0.5, 0.6) is 5.75 Å². The Bertz CT molecular complexity index is 533. The molecular formula is C16H20O5. The molecule has 0 radical (unpaired) electrons. The minimum Gasteiger partial charge on any atom is -0.496 e. The maximum absolute atomic E-state index is 12.1. The summed E-state index contributed by atoms with van der Waals surface area (Å²) in [6, 6.07) is 7.11. The number of benzene rings is 1. The maximum atomic E-state index is 12.1. The van der Waals surface area contributed by atoms with Crippen LogP contribution in [0.15, 0.2) is 24.3 Å². The molecule has 0 aromatic heterocycles. The molecule has 0 unspecified atom stereocenters. The topological polar surface area (TPSA) is 69.7 Å². The van der Waals surface area contributed by atoms with Gasteiger partial charge in [-0.1, -0.05) is 18.2 Å². The lowest BCUT2D eigenvalue weighted by Crippen LogP contribution is -2.41. The lowest BCUT2D eigenvalue weighted by atomic mass is 9.72. The van der Waals surface area contributed by atoms with Crippen LogP contribution in [0.1, 0.15) is 25.8 Å². The molecule has 1 rings (SSSR count). The minimum atomic E-state index is -1.41. The Balaban J connectivity index is 3.27. The van der Waals surface area contributed by atoms with E-state index in [1.807, 2.05) is 0 Å². The quantitative estimate of drug-likeness (QED) is 0.567. The Morgan fingerprint density at radius 3 is 2.10 bits per heavy atom. The summed E-state index contributed by atoms with van der Waals surface area (Å²) in [5.41, 5.74) is -0.712. The largest absolute Gasteiger partial charge is 0.496 e. The van der Waals surface area contributed by atoms with Crippen LogP contribution in [0.25, 0.3) is 0 Å². The average molecular weight is 292 g/mol. The van der Waals surface area contributed by atoms with Crippen molar-refractivity contribution in [3.63, 3.8) is 0 Å². The van der Waals surface area contributed by atoms with Gasteiger partial charge in [0, 0.05) is 0 Å². The van der Waals surface area contributed by atoms with Crippen LogP contribution in [-0.2, 0) is 25.5 Å². The number of Topliss-reactive ketones (excluding diaryl/α,β-unsaturated/α-hetero) is 2. The molecule has 1 aromatic carbocycles. The number of para-hydroxylation sites is 1. The number of methoxy groups -OCH3 is 2. The van der Waals surface area contributed by atoms with Crippen LogP contribution < -0.4 is 4.74 Å². The van der Waals surface area contributed by atoms with E-state index in [0.29, 0.717) is 11.3 Å². The highest BCUT2D eigenvalue weighted by atomic mass is 16.5. The number of ether oxygens (including phenoxy) is 2. The van der Waals surface area contributed by atoms with E-state index in [2.05, 4.69) is 4.74 Å². The molecule has 0 bridgehead atoms. The Labute approximate surface area is 124 Å². The maximum Gasteiger partial charge on any atom is 0.306 e. The fourth-order valence-corrected chi connectivity index (χ4v) is 2.30. The van der Waals surface area contributed by atoms with Gasteiger partial charge in [0.2, 0.25) is 0 Å². The number of rotatable bonds is 7. The van der Waals surface area contributed by atoms with Gasteiger partial charge in [0.1, 0.15) is 22.7 Å². The van der Waals surface area contributed by atoms with Gasteiger partial charge in [-0.05, 0) is 31.9 Å². The van der Waals surface area contributed by atoms with Crippen LogP contribution in [0.2, 0.25) is 0 Å². The van der Waals surface area contributed by atoms with E-state index >= 15 is 0 Å². The number of hydrogen-bond donors (Lipinski definition) is 0. The van der Waals surface area contributed by atoms with E-state index < -0.39 is 11.4 Å². The Morgan fingerprint density at radius 1 is 1.05 bits per heavy atom. The highest BCUT2D eigenvalue weighted by Crippen LogP contribution is 2.33. The molecule has 21 heavy (non-hydrogen) atoms. The molecule has 0 amide bonds. The summed E-state index contributed by atoms with van der Waals surface area (Å²) in [5.74, 6) is -0.720. The van der Waals surface area contributed by atoms with Crippen molar-refractivity contribution >= 4 is 17.5 Å². The molecule has 1 aromatic rings. The van der Waals surface area contributed by atoms with Crippen molar-refractivity contribution in [3.05, 3.63) is 29.8 Å². The lowest BCUT2D eigenvalue weighted by molar-refractivity contribution is -0.151. The smallest absolute Gasteiger partial charge is 0.306 e. The van der Waals surface area contributed by atoms with E-state index in [-0.39, 0.29) is 24.4 Å². The SMILES string of the molecule is COC(=O)CC(Cc1ccccc1OC)(C(C)=O)C(C)=O. The molecule has 0 fully saturated rings. The molecule has 5 heteroatoms. The van der Waals surface area contributed by atoms with Gasteiger partial charge in [0.05, 0.1) is 20.6 Å². The van der Waals surface area contributed by atoms with Crippen molar-refractivity contribution in [1.29, 1.82) is 0 Å². The number of hydrogen-bond acceptors (Lipinski definition) is 5. The van der Waals surface area contributed by atoms with E-state index in [4.69, 9.17) is 4.74 Å². The first-order valence-electron chi connectivity index (χ1n) is 6.58. The number of carbonyl (C=O) groups is 3. The van der Waals surface area contributed by atoms with Crippen LogP contribution >= 0.6 is 0 Å². The van der Waals surface area contributed by atoms with Gasteiger partial charge in [-0.25, -0.2) is 0 Å². The monoisotopic (exact) mass is 292 g/mol. The Hall–Kier alpha value is -2.17. The van der Waals surface area contributed by atoms with Crippen LogP contribution in [-0.4, -0.2) is 31.8 Å². The molecule has 0 saturated heterocycles. The summed E-state index contributed by atoms with van der Waals surface area (Å²) < 4.78 is 9.87. The highest BCUT2D eigenvalue weighted by Gasteiger charge is 2.43. The predicted molar refractivity (Wildman–Crippen MR) is 77.1 cm³/mol. The molecule has 0 aliphatic carbocycles. The van der Waals surface area contributed by atoms with Gasteiger partial charge < -0.3 is 9.47 Å². The van der Waals surface area contributed by atoms with E-state index in [9.17, 15) is 14.4 Å². The second kappa shape index (κ2) is 7.02. The Kier molecular flexibility index (Phi) is 5.64. The van der Waals surface area contributed by atoms with Gasteiger partial charge in [0.15, 0.2) is 0 Å². The van der Waals surface area contributed by atoms with Crippen LogP contribution in [0, 0.1) is 5.41 Å². The third-order valence-corrected chi connectivity index (χ3v) is 3.71. The molecule has 0 atom stereocenters. The summed E-state index contributed by atoms with van der Waals surface area (Å²) in [4.78, 5) is 35.8. The van der Waals surface area contributed by atoms with E-state index in [1.54, 1.807) is 24.3 Å². The second-order valence-corrected chi connectivity index (χ2v) is 4.94. The molecule has 114 valence electrons. The van der Waals surface area contributed by atoms with Crippen molar-refractivity contribution in [3.8, 4) is 5.75 Å². The van der Waals surface area contributed by atoms with Crippen LogP contribution in [0.4, 0.5) is 0 Å². The zero-order chi connectivity index (χ0) is 16.0. The molecule has 5 nitrogen and oxygen atoms in total. The minimum absolute atomic E-state index is 0.108. The first-order valence-corrected chi connectivity index (χ1v) is 6.58. The van der Waals surface area contributed by atoms with Crippen molar-refractivity contribution in [2.24, 2.45) is 5.41 Å². The summed E-state index contributed by atoms with van der Waals surface area (Å²) in [6.45, 7) is 2.64. The van der Waals surface area contributed by atoms with Crippen LogP contribution in [0.3, 0.4) is 0 Å². The van der Waals surface area contributed by atoms with Gasteiger partial charge in [-0.3, -0.25) is 14.4 Å². The van der Waals surface area contributed by atoms with Gasteiger partial charge in [-0.2, -0.15) is 0 Å². The summed E-state index contributed by atoms with van der Waals surface area (Å²) >= 11 is 0. The molecule has 0 N–H and O–H groups in total. The lowest BCUT2D eigenvalue weighted by Gasteiger charge is -2.28. The van der Waals surface area contributed by atoms with Gasteiger partial charge >= 0.3 is 5.97 Å². The normalized spacial score (nSPS) is 10.9.